The minimum atomic E-state index is 0.612. The molecule has 0 unspecified atom stereocenters. The number of aromatic nitrogens is 2. The van der Waals surface area contributed by atoms with E-state index in [0.29, 0.717) is 6.54 Å². The molecule has 4 heteroatoms. The van der Waals surface area contributed by atoms with Crippen molar-refractivity contribution in [1.29, 1.82) is 0 Å². The van der Waals surface area contributed by atoms with E-state index in [-0.39, 0.29) is 0 Å². The summed E-state index contributed by atoms with van der Waals surface area (Å²) in [4.78, 5) is 6.67. The molecule has 1 N–H and O–H groups in total. The zero-order chi connectivity index (χ0) is 19.9. The molecule has 0 radical (unpaired) electrons. The Hall–Kier alpha value is -2.77. The number of benzene rings is 1. The number of fused-ring (bicyclic) bond motifs is 1. The van der Waals surface area contributed by atoms with Crippen LogP contribution in [0.4, 0.5) is 5.69 Å². The number of nitrogens with zero attached hydrogens (tertiary/aromatic N) is 3. The molecule has 0 aliphatic rings. The van der Waals surface area contributed by atoms with E-state index in [2.05, 4.69) is 76.6 Å². The molecular weight excluding hydrogens is 344 g/mol. The van der Waals surface area contributed by atoms with Crippen molar-refractivity contribution < 1.29 is 0 Å². The predicted octanol–water partition coefficient (Wildman–Crippen LogP) is 4.67. The molecule has 0 aliphatic carbocycles. The van der Waals surface area contributed by atoms with Gasteiger partial charge >= 0.3 is 0 Å². The molecule has 2 aromatic heterocycles. The molecule has 146 valence electrons. The van der Waals surface area contributed by atoms with Gasteiger partial charge in [0.25, 0.3) is 0 Å². The number of pyridine rings is 1. The van der Waals surface area contributed by atoms with E-state index >= 15 is 0 Å². The van der Waals surface area contributed by atoms with Crippen LogP contribution in [0.15, 0.2) is 42.6 Å². The molecule has 0 amide bonds. The standard InChI is InChI=1S/C24H30N4/c1-5-27(6-2)18-20-10-8-12-24-23(20)17-22(28(24)7-3)11-9-14-26-21-13-15-25-19(4)16-21/h8,10,12-13,15-17H,5-7,14,18H2,1-4H3,(H,25,26). The summed E-state index contributed by atoms with van der Waals surface area (Å²) in [6, 6.07) is 12.9. The summed E-state index contributed by atoms with van der Waals surface area (Å²) in [6.07, 6.45) is 1.82. The van der Waals surface area contributed by atoms with Crippen LogP contribution in [0.25, 0.3) is 10.9 Å². The molecule has 28 heavy (non-hydrogen) atoms. The Morgan fingerprint density at radius 2 is 1.93 bits per heavy atom. The Bertz CT molecular complexity index is 987. The van der Waals surface area contributed by atoms with Gasteiger partial charge in [-0.2, -0.15) is 0 Å². The molecule has 0 saturated carbocycles. The lowest BCUT2D eigenvalue weighted by Crippen LogP contribution is -2.22. The topological polar surface area (TPSA) is 33.1 Å². The summed E-state index contributed by atoms with van der Waals surface area (Å²) in [5, 5.41) is 4.67. The lowest BCUT2D eigenvalue weighted by atomic mass is 10.1. The van der Waals surface area contributed by atoms with E-state index in [4.69, 9.17) is 0 Å². The van der Waals surface area contributed by atoms with Gasteiger partial charge in [0, 0.05) is 41.6 Å². The number of hydrogen-bond donors (Lipinski definition) is 1. The molecule has 2 heterocycles. The first-order valence-corrected chi connectivity index (χ1v) is 10.1. The van der Waals surface area contributed by atoms with Gasteiger partial charge < -0.3 is 9.88 Å². The van der Waals surface area contributed by atoms with Gasteiger partial charge in [-0.15, -0.1) is 0 Å². The second kappa shape index (κ2) is 9.43. The van der Waals surface area contributed by atoms with Crippen molar-refractivity contribution in [2.45, 2.75) is 40.8 Å². The van der Waals surface area contributed by atoms with E-state index in [9.17, 15) is 0 Å². The van der Waals surface area contributed by atoms with E-state index in [1.807, 2.05) is 25.3 Å². The highest BCUT2D eigenvalue weighted by atomic mass is 15.1. The molecule has 4 nitrogen and oxygen atoms in total. The van der Waals surface area contributed by atoms with Gasteiger partial charge in [-0.25, -0.2) is 0 Å². The van der Waals surface area contributed by atoms with E-state index in [1.54, 1.807) is 0 Å². The fourth-order valence-electron chi connectivity index (χ4n) is 3.55. The normalized spacial score (nSPS) is 10.9. The van der Waals surface area contributed by atoms with Gasteiger partial charge in [0.15, 0.2) is 0 Å². The van der Waals surface area contributed by atoms with E-state index in [1.165, 1.54) is 16.5 Å². The fraction of sp³-hybridized carbons (Fsp3) is 0.375. The lowest BCUT2D eigenvalue weighted by Gasteiger charge is -2.18. The monoisotopic (exact) mass is 374 g/mol. The Balaban J connectivity index is 1.83. The largest absolute Gasteiger partial charge is 0.374 e. The molecule has 0 atom stereocenters. The first-order chi connectivity index (χ1) is 13.7. The average Bonchev–Trinajstić information content (AvgIpc) is 3.07. The summed E-state index contributed by atoms with van der Waals surface area (Å²) in [6.45, 7) is 13.2. The maximum absolute atomic E-state index is 4.22. The summed E-state index contributed by atoms with van der Waals surface area (Å²) in [5.41, 5.74) is 5.79. The Morgan fingerprint density at radius 1 is 1.11 bits per heavy atom. The van der Waals surface area contributed by atoms with E-state index < -0.39 is 0 Å². The van der Waals surface area contributed by atoms with Crippen molar-refractivity contribution in [2.75, 3.05) is 25.0 Å². The number of rotatable bonds is 7. The van der Waals surface area contributed by atoms with Crippen LogP contribution in [0.5, 0.6) is 0 Å². The van der Waals surface area contributed by atoms with Crippen LogP contribution in [0, 0.1) is 18.8 Å². The van der Waals surface area contributed by atoms with Crippen LogP contribution in [-0.4, -0.2) is 34.1 Å². The molecule has 0 spiro atoms. The highest BCUT2D eigenvalue weighted by Gasteiger charge is 2.11. The smallest absolute Gasteiger partial charge is 0.0931 e. The minimum Gasteiger partial charge on any atom is -0.374 e. The van der Waals surface area contributed by atoms with Gasteiger partial charge in [-0.05, 0) is 62.7 Å². The van der Waals surface area contributed by atoms with Crippen LogP contribution in [-0.2, 0) is 13.1 Å². The van der Waals surface area contributed by atoms with Gasteiger partial charge in [-0.1, -0.05) is 31.9 Å². The van der Waals surface area contributed by atoms with Crippen molar-refractivity contribution in [3.05, 3.63) is 59.5 Å². The molecule has 3 rings (SSSR count). The number of aryl methyl sites for hydroxylation is 2. The summed E-state index contributed by atoms with van der Waals surface area (Å²) in [7, 11) is 0. The third-order valence-corrected chi connectivity index (χ3v) is 5.13. The Labute approximate surface area is 168 Å². The van der Waals surface area contributed by atoms with Crippen molar-refractivity contribution in [3.8, 4) is 11.8 Å². The maximum Gasteiger partial charge on any atom is 0.0931 e. The molecule has 3 aromatic rings. The highest BCUT2D eigenvalue weighted by molar-refractivity contribution is 5.85. The van der Waals surface area contributed by atoms with Gasteiger partial charge in [0.2, 0.25) is 0 Å². The van der Waals surface area contributed by atoms with Crippen LogP contribution in [0.1, 0.15) is 37.7 Å². The van der Waals surface area contributed by atoms with Gasteiger partial charge in [0.1, 0.15) is 0 Å². The van der Waals surface area contributed by atoms with Crippen LogP contribution in [0.3, 0.4) is 0 Å². The lowest BCUT2D eigenvalue weighted by molar-refractivity contribution is 0.297. The molecule has 1 aromatic carbocycles. The van der Waals surface area contributed by atoms with Crippen LogP contribution < -0.4 is 5.32 Å². The first kappa shape index (κ1) is 20.0. The molecule has 0 fully saturated rings. The molecule has 0 aliphatic heterocycles. The van der Waals surface area contributed by atoms with Crippen LogP contribution in [0.2, 0.25) is 0 Å². The Morgan fingerprint density at radius 3 is 2.64 bits per heavy atom. The number of nitrogens with one attached hydrogen (secondary N) is 1. The Kier molecular flexibility index (Phi) is 6.73. The maximum atomic E-state index is 4.22. The summed E-state index contributed by atoms with van der Waals surface area (Å²) in [5.74, 6) is 6.64. The quantitative estimate of drug-likeness (QED) is 0.610. The first-order valence-electron chi connectivity index (χ1n) is 10.1. The predicted molar refractivity (Wildman–Crippen MR) is 119 cm³/mol. The van der Waals surface area contributed by atoms with Crippen molar-refractivity contribution in [2.24, 2.45) is 0 Å². The summed E-state index contributed by atoms with van der Waals surface area (Å²) >= 11 is 0. The third kappa shape index (κ3) is 4.55. The second-order valence-corrected chi connectivity index (χ2v) is 6.93. The van der Waals surface area contributed by atoms with E-state index in [0.717, 1.165) is 43.3 Å². The zero-order valence-corrected chi connectivity index (χ0v) is 17.4. The molecule has 0 saturated heterocycles. The van der Waals surface area contributed by atoms with Crippen LogP contribution >= 0.6 is 0 Å². The van der Waals surface area contributed by atoms with Gasteiger partial charge in [-0.3, -0.25) is 9.88 Å². The third-order valence-electron chi connectivity index (χ3n) is 5.13. The average molecular weight is 375 g/mol. The highest BCUT2D eigenvalue weighted by Crippen LogP contribution is 2.24. The SMILES string of the molecule is CCN(CC)Cc1cccc2c1cc(C#CCNc1ccnc(C)c1)n2CC. The fourth-order valence-corrected chi connectivity index (χ4v) is 3.55. The minimum absolute atomic E-state index is 0.612. The molecular formula is C24H30N4. The van der Waals surface area contributed by atoms with Crippen molar-refractivity contribution in [1.82, 2.24) is 14.5 Å². The van der Waals surface area contributed by atoms with Gasteiger partial charge in [0.05, 0.1) is 12.2 Å². The van der Waals surface area contributed by atoms with Crippen molar-refractivity contribution in [3.63, 3.8) is 0 Å². The molecule has 0 bridgehead atoms. The van der Waals surface area contributed by atoms with Crippen molar-refractivity contribution >= 4 is 16.6 Å². The second-order valence-electron chi connectivity index (χ2n) is 6.93. The number of hydrogen-bond acceptors (Lipinski definition) is 3. The zero-order valence-electron chi connectivity index (χ0n) is 17.4. The summed E-state index contributed by atoms with van der Waals surface area (Å²) < 4.78 is 2.31. The number of anilines is 1.